The van der Waals surface area contributed by atoms with Crippen molar-refractivity contribution < 1.29 is 25.3 Å². The van der Waals surface area contributed by atoms with Crippen molar-refractivity contribution in [3.8, 4) is 0 Å². The number of carbonyl (C=O) groups is 2. The lowest BCUT2D eigenvalue weighted by Crippen LogP contribution is -2.34. The molecule has 3 N–H and O–H groups in total. The summed E-state index contributed by atoms with van der Waals surface area (Å²) < 4.78 is 0. The molecule has 0 aromatic rings. The van der Waals surface area contributed by atoms with E-state index in [9.17, 15) is 14.7 Å². The maximum Gasteiger partial charge on any atom is 0.523 e. The van der Waals surface area contributed by atoms with E-state index in [1.807, 2.05) is 0 Å². The molecule has 13 heavy (non-hydrogen) atoms. The van der Waals surface area contributed by atoms with Gasteiger partial charge in [-0.2, -0.15) is 4.79 Å². The lowest BCUT2D eigenvalue weighted by molar-refractivity contribution is -0.311. The van der Waals surface area contributed by atoms with Crippen LogP contribution in [0.2, 0.25) is 0 Å². The number of fused-ring (bicyclic) bond motifs is 1. The Morgan fingerprint density at radius 3 is 2.38 bits per heavy atom. The highest BCUT2D eigenvalue weighted by Crippen LogP contribution is 2.51. The Hall–Kier alpha value is -0.750. The summed E-state index contributed by atoms with van der Waals surface area (Å²) in [6.07, 6.45) is 1.35. The normalized spacial score (nSPS) is 40.3. The van der Waals surface area contributed by atoms with Crippen molar-refractivity contribution in [1.29, 1.82) is 0 Å². The molecule has 1 saturated carbocycles. The van der Waals surface area contributed by atoms with E-state index in [1.54, 1.807) is 0 Å². The van der Waals surface area contributed by atoms with Crippen LogP contribution in [0.15, 0.2) is 0 Å². The zero-order valence-corrected chi connectivity index (χ0v) is 7.54. The monoisotopic (exact) mass is 206 g/mol. The molecule has 0 aromatic carbocycles. The standard InChI is InChI=1S/C7H8O4S.H2O/c8-6(9)3-1-2-4-5(3)12(4)7(10)11;/h3-5H,1-2H2,(H-,8,9,10,11);1H2. The molecule has 74 valence electrons. The van der Waals surface area contributed by atoms with Gasteiger partial charge in [0.25, 0.3) is 0 Å². The van der Waals surface area contributed by atoms with Crippen LogP contribution in [-0.4, -0.2) is 32.4 Å². The molecule has 2 aliphatic rings. The average Bonchev–Trinajstić information content (AvgIpc) is 2.52. The smallest absolute Gasteiger partial charge is 0.523 e. The predicted octanol–water partition coefficient (Wildman–Crippen LogP) is -1.63. The topological polar surface area (TPSA) is 109 Å². The molecule has 2 fully saturated rings. The highest BCUT2D eigenvalue weighted by Gasteiger charge is 2.74. The third-order valence-corrected chi connectivity index (χ3v) is 5.09. The van der Waals surface area contributed by atoms with Gasteiger partial charge in [0.05, 0.1) is 5.92 Å². The highest BCUT2D eigenvalue weighted by molar-refractivity contribution is 8.17. The van der Waals surface area contributed by atoms with E-state index in [-0.39, 0.29) is 16.0 Å². The van der Waals surface area contributed by atoms with Crippen LogP contribution in [0.25, 0.3) is 0 Å². The number of carboxylic acid groups (broad SMARTS) is 2. The number of hydrogen-bond donors (Lipinski definition) is 1. The Morgan fingerprint density at radius 1 is 1.38 bits per heavy atom. The number of carbonyl (C=O) groups excluding carboxylic acids is 1. The first-order chi connectivity index (χ1) is 5.63. The van der Waals surface area contributed by atoms with Crippen LogP contribution in [0.3, 0.4) is 0 Å². The summed E-state index contributed by atoms with van der Waals surface area (Å²) in [5.41, 5.74) is 0. The first-order valence-electron chi connectivity index (χ1n) is 3.78. The fourth-order valence-electron chi connectivity index (χ4n) is 2.00. The second kappa shape index (κ2) is 3.19. The molecule has 1 heterocycles. The Labute approximate surface area is 77.4 Å². The van der Waals surface area contributed by atoms with Crippen LogP contribution in [0.4, 0.5) is 4.79 Å². The summed E-state index contributed by atoms with van der Waals surface area (Å²) in [6, 6.07) is 0. The fourth-order valence-corrected chi connectivity index (χ4v) is 4.52. The van der Waals surface area contributed by atoms with Crippen molar-refractivity contribution in [2.45, 2.75) is 23.3 Å². The Balaban J connectivity index is 0.000000845. The summed E-state index contributed by atoms with van der Waals surface area (Å²) in [4.78, 5) is 21.0. The van der Waals surface area contributed by atoms with Gasteiger partial charge in [0.2, 0.25) is 0 Å². The van der Waals surface area contributed by atoms with Crippen LogP contribution in [-0.2, 0) is 15.7 Å². The minimum atomic E-state index is -1.07. The zero-order valence-electron chi connectivity index (χ0n) is 6.73. The van der Waals surface area contributed by atoms with Crippen molar-refractivity contribution in [2.75, 3.05) is 0 Å². The van der Waals surface area contributed by atoms with Crippen molar-refractivity contribution in [2.24, 2.45) is 5.92 Å². The van der Waals surface area contributed by atoms with Gasteiger partial charge in [-0.05, 0) is 6.42 Å². The molecule has 0 bridgehead atoms. The third kappa shape index (κ3) is 1.40. The molecule has 0 spiro atoms. The van der Waals surface area contributed by atoms with Gasteiger partial charge in [-0.15, -0.1) is 0 Å². The number of rotatable bonds is 1. The van der Waals surface area contributed by atoms with E-state index in [1.165, 1.54) is 0 Å². The minimum absolute atomic E-state index is 0. The van der Waals surface area contributed by atoms with Gasteiger partial charge < -0.3 is 20.5 Å². The van der Waals surface area contributed by atoms with Gasteiger partial charge >= 0.3 is 5.30 Å². The number of aliphatic carboxylic acids is 1. The first kappa shape index (κ1) is 10.3. The zero-order chi connectivity index (χ0) is 8.88. The average molecular weight is 206 g/mol. The molecule has 1 aliphatic heterocycles. The quantitative estimate of drug-likeness (QED) is 0.410. The van der Waals surface area contributed by atoms with Gasteiger partial charge in [-0.25, -0.2) is 0 Å². The lowest BCUT2D eigenvalue weighted by atomic mass is 10.1. The van der Waals surface area contributed by atoms with E-state index in [0.29, 0.717) is 6.42 Å². The Kier molecular flexibility index (Phi) is 2.53. The predicted molar refractivity (Wildman–Crippen MR) is 44.3 cm³/mol. The van der Waals surface area contributed by atoms with E-state index in [4.69, 9.17) is 5.11 Å². The van der Waals surface area contributed by atoms with Crippen LogP contribution in [0.5, 0.6) is 0 Å². The fraction of sp³-hybridized carbons (Fsp3) is 0.714. The van der Waals surface area contributed by atoms with Crippen LogP contribution in [0, 0.1) is 5.92 Å². The van der Waals surface area contributed by atoms with Crippen molar-refractivity contribution in [3.05, 3.63) is 0 Å². The molecular formula is C7H10O5S. The van der Waals surface area contributed by atoms with E-state index < -0.39 is 28.1 Å². The minimum Gasteiger partial charge on any atom is -0.550 e. The highest BCUT2D eigenvalue weighted by atomic mass is 32.2. The summed E-state index contributed by atoms with van der Waals surface area (Å²) in [5, 5.41) is 18.4. The second-order valence-corrected chi connectivity index (χ2v) is 5.39. The van der Waals surface area contributed by atoms with Crippen LogP contribution < -0.4 is 5.11 Å². The maximum atomic E-state index is 10.5. The van der Waals surface area contributed by atoms with Crippen LogP contribution >= 0.6 is 0 Å². The lowest BCUT2D eigenvalue weighted by Gasteiger charge is -2.08. The molecular weight excluding hydrogens is 196 g/mol. The summed E-state index contributed by atoms with van der Waals surface area (Å²) in [5.74, 6) is -1.56. The molecule has 0 amide bonds. The number of hydrogen-bond acceptors (Lipinski definition) is 3. The molecule has 1 aliphatic carbocycles. The van der Waals surface area contributed by atoms with Gasteiger partial charge in [0.15, 0.2) is 10.5 Å². The van der Waals surface area contributed by atoms with Crippen molar-refractivity contribution >= 4 is 22.2 Å². The molecule has 2 rings (SSSR count). The number of carboxylic acids is 1. The summed E-state index contributed by atoms with van der Waals surface area (Å²) >= 11 is 0. The molecule has 0 aromatic heterocycles. The van der Waals surface area contributed by atoms with E-state index in [0.717, 1.165) is 6.42 Å². The third-order valence-electron chi connectivity index (χ3n) is 2.57. The van der Waals surface area contributed by atoms with Gasteiger partial charge in [-0.1, -0.05) is 0 Å². The molecule has 4 atom stereocenters. The van der Waals surface area contributed by atoms with E-state index >= 15 is 0 Å². The SMILES string of the molecule is O.O=C([O-])C1CCC2C1[S+]2C(=O)O. The van der Waals surface area contributed by atoms with Crippen LogP contribution in [0.1, 0.15) is 12.8 Å². The van der Waals surface area contributed by atoms with E-state index in [2.05, 4.69) is 0 Å². The summed E-state index contributed by atoms with van der Waals surface area (Å²) in [7, 11) is -0.668. The molecule has 0 radical (unpaired) electrons. The largest absolute Gasteiger partial charge is 0.550 e. The van der Waals surface area contributed by atoms with Crippen molar-refractivity contribution in [3.63, 3.8) is 0 Å². The first-order valence-corrected chi connectivity index (χ1v) is 5.13. The molecule has 6 heteroatoms. The molecule has 4 unspecified atom stereocenters. The van der Waals surface area contributed by atoms with Crippen molar-refractivity contribution in [1.82, 2.24) is 0 Å². The van der Waals surface area contributed by atoms with Gasteiger partial charge in [-0.3, -0.25) is 0 Å². The molecule has 1 saturated heterocycles. The Bertz CT molecular complexity index is 253. The maximum absolute atomic E-state index is 10.5. The Morgan fingerprint density at radius 2 is 2.00 bits per heavy atom. The summed E-state index contributed by atoms with van der Waals surface area (Å²) in [6.45, 7) is 0. The second-order valence-electron chi connectivity index (χ2n) is 3.14. The van der Waals surface area contributed by atoms with Gasteiger partial charge in [0, 0.05) is 12.4 Å². The van der Waals surface area contributed by atoms with Gasteiger partial charge in [0.1, 0.15) is 10.9 Å². The molecule has 5 nitrogen and oxygen atoms in total.